The van der Waals surface area contributed by atoms with Crippen molar-refractivity contribution < 1.29 is 5.11 Å². The maximum atomic E-state index is 9.52. The van der Waals surface area contributed by atoms with Crippen molar-refractivity contribution in [1.82, 2.24) is 4.98 Å². The molecule has 1 rings (SSSR count). The maximum absolute atomic E-state index is 9.52. The van der Waals surface area contributed by atoms with Gasteiger partial charge in [-0.15, -0.1) is 17.8 Å². The van der Waals surface area contributed by atoms with E-state index in [2.05, 4.69) is 10.9 Å². The zero-order valence-corrected chi connectivity index (χ0v) is 7.27. The second kappa shape index (κ2) is 2.65. The molecule has 0 radical (unpaired) electrons. The van der Waals surface area contributed by atoms with Crippen LogP contribution in [0.5, 0.6) is 0 Å². The van der Waals surface area contributed by atoms with Crippen LogP contribution in [0.1, 0.15) is 16.8 Å². The average molecular weight is 167 g/mol. The number of thiazole rings is 1. The fourth-order valence-corrected chi connectivity index (χ4v) is 1.41. The SMILES string of the molecule is C#C[C@@](C)(O)c1ncc(C)s1. The number of terminal acetylenes is 1. The summed E-state index contributed by atoms with van der Waals surface area (Å²) in [6.45, 7) is 3.49. The molecule has 0 saturated carbocycles. The fraction of sp³-hybridized carbons (Fsp3) is 0.375. The number of aryl methyl sites for hydroxylation is 1. The lowest BCUT2D eigenvalue weighted by atomic mass is 10.1. The Labute approximate surface area is 69.9 Å². The predicted octanol–water partition coefficient (Wildman–Crippen LogP) is 1.29. The first kappa shape index (κ1) is 8.25. The highest BCUT2D eigenvalue weighted by Crippen LogP contribution is 2.23. The van der Waals surface area contributed by atoms with Gasteiger partial charge in [0, 0.05) is 11.1 Å². The second-order valence-electron chi connectivity index (χ2n) is 2.49. The Balaban J connectivity index is 3.04. The van der Waals surface area contributed by atoms with Gasteiger partial charge >= 0.3 is 0 Å². The monoisotopic (exact) mass is 167 g/mol. The van der Waals surface area contributed by atoms with E-state index in [0.29, 0.717) is 5.01 Å². The number of hydrogen-bond acceptors (Lipinski definition) is 3. The van der Waals surface area contributed by atoms with Gasteiger partial charge in [-0.1, -0.05) is 5.92 Å². The Hall–Kier alpha value is -0.850. The third kappa shape index (κ3) is 1.59. The van der Waals surface area contributed by atoms with Crippen molar-refractivity contribution in [2.24, 2.45) is 0 Å². The molecular weight excluding hydrogens is 158 g/mol. The van der Waals surface area contributed by atoms with Gasteiger partial charge in [-0.05, 0) is 13.8 Å². The minimum Gasteiger partial charge on any atom is -0.371 e. The first-order chi connectivity index (χ1) is 5.06. The van der Waals surface area contributed by atoms with Gasteiger partial charge < -0.3 is 5.11 Å². The second-order valence-corrected chi connectivity index (χ2v) is 3.73. The van der Waals surface area contributed by atoms with Crippen LogP contribution in [-0.2, 0) is 5.60 Å². The third-order valence-corrected chi connectivity index (χ3v) is 2.44. The van der Waals surface area contributed by atoms with Crippen LogP contribution in [0.3, 0.4) is 0 Å². The lowest BCUT2D eigenvalue weighted by Gasteiger charge is -2.11. The van der Waals surface area contributed by atoms with Crippen molar-refractivity contribution in [1.29, 1.82) is 0 Å². The molecular formula is C8H9NOS. The summed E-state index contributed by atoms with van der Waals surface area (Å²) in [6.07, 6.45) is 6.81. The summed E-state index contributed by atoms with van der Waals surface area (Å²) in [7, 11) is 0. The van der Waals surface area contributed by atoms with Crippen LogP contribution in [0, 0.1) is 19.3 Å². The molecule has 11 heavy (non-hydrogen) atoms. The Morgan fingerprint density at radius 3 is 2.82 bits per heavy atom. The molecule has 58 valence electrons. The predicted molar refractivity (Wildman–Crippen MR) is 45.3 cm³/mol. The Kier molecular flexibility index (Phi) is 1.99. The first-order valence-corrected chi connectivity index (χ1v) is 4.01. The molecule has 0 unspecified atom stereocenters. The van der Waals surface area contributed by atoms with Crippen LogP contribution in [-0.4, -0.2) is 10.1 Å². The molecule has 0 spiro atoms. The molecule has 0 saturated heterocycles. The standard InChI is InChI=1S/C8H9NOS/c1-4-8(3,10)7-9-5-6(2)11-7/h1,5,10H,2-3H3/t8-/m1/s1. The van der Waals surface area contributed by atoms with E-state index in [1.807, 2.05) is 6.92 Å². The zero-order chi connectivity index (χ0) is 8.48. The number of rotatable bonds is 1. The molecule has 0 aliphatic heterocycles. The highest BCUT2D eigenvalue weighted by molar-refractivity contribution is 7.11. The van der Waals surface area contributed by atoms with Crippen molar-refractivity contribution in [3.8, 4) is 12.3 Å². The number of aliphatic hydroxyl groups is 1. The topological polar surface area (TPSA) is 33.1 Å². The van der Waals surface area contributed by atoms with Gasteiger partial charge in [0.15, 0.2) is 5.60 Å². The van der Waals surface area contributed by atoms with Gasteiger partial charge in [-0.2, -0.15) is 0 Å². The molecule has 0 bridgehead atoms. The van der Waals surface area contributed by atoms with Gasteiger partial charge in [0.25, 0.3) is 0 Å². The van der Waals surface area contributed by atoms with Crippen LogP contribution in [0.25, 0.3) is 0 Å². The normalized spacial score (nSPS) is 15.5. The van der Waals surface area contributed by atoms with Gasteiger partial charge in [0.2, 0.25) is 0 Å². The molecule has 1 heterocycles. The molecule has 0 aliphatic carbocycles. The summed E-state index contributed by atoms with van der Waals surface area (Å²) in [5.74, 6) is 2.27. The molecule has 0 aromatic carbocycles. The minimum atomic E-state index is -1.21. The molecule has 0 amide bonds. The van der Waals surface area contributed by atoms with E-state index in [9.17, 15) is 5.11 Å². The van der Waals surface area contributed by atoms with Crippen LogP contribution in [0.15, 0.2) is 6.20 Å². The van der Waals surface area contributed by atoms with E-state index >= 15 is 0 Å². The largest absolute Gasteiger partial charge is 0.371 e. The smallest absolute Gasteiger partial charge is 0.174 e. The number of aromatic nitrogens is 1. The molecule has 3 heteroatoms. The van der Waals surface area contributed by atoms with E-state index < -0.39 is 5.60 Å². The summed E-state index contributed by atoms with van der Waals surface area (Å²) in [4.78, 5) is 5.04. The highest BCUT2D eigenvalue weighted by Gasteiger charge is 2.22. The molecule has 1 atom stereocenters. The molecule has 1 aromatic rings. The third-order valence-electron chi connectivity index (χ3n) is 1.32. The van der Waals surface area contributed by atoms with Crippen molar-refractivity contribution in [3.05, 3.63) is 16.1 Å². The summed E-state index contributed by atoms with van der Waals surface area (Å²) in [6, 6.07) is 0. The molecule has 0 fully saturated rings. The fourth-order valence-electron chi connectivity index (χ4n) is 0.642. The quantitative estimate of drug-likeness (QED) is 0.639. The molecule has 0 aliphatic rings. The van der Waals surface area contributed by atoms with Crippen LogP contribution >= 0.6 is 11.3 Å². The van der Waals surface area contributed by atoms with Gasteiger partial charge in [-0.25, -0.2) is 4.98 Å². The number of hydrogen-bond donors (Lipinski definition) is 1. The highest BCUT2D eigenvalue weighted by atomic mass is 32.1. The maximum Gasteiger partial charge on any atom is 0.174 e. The Morgan fingerprint density at radius 2 is 2.45 bits per heavy atom. The van der Waals surface area contributed by atoms with Crippen molar-refractivity contribution in [3.63, 3.8) is 0 Å². The summed E-state index contributed by atoms with van der Waals surface area (Å²) < 4.78 is 0. The lowest BCUT2D eigenvalue weighted by molar-refractivity contribution is 0.122. The van der Waals surface area contributed by atoms with Crippen LogP contribution in [0.4, 0.5) is 0 Å². The van der Waals surface area contributed by atoms with E-state index in [1.165, 1.54) is 11.3 Å². The van der Waals surface area contributed by atoms with Crippen molar-refractivity contribution >= 4 is 11.3 Å². The van der Waals surface area contributed by atoms with E-state index in [-0.39, 0.29) is 0 Å². The Morgan fingerprint density at radius 1 is 1.82 bits per heavy atom. The van der Waals surface area contributed by atoms with Crippen LogP contribution in [0.2, 0.25) is 0 Å². The zero-order valence-electron chi connectivity index (χ0n) is 6.46. The first-order valence-electron chi connectivity index (χ1n) is 3.19. The molecule has 1 N–H and O–H groups in total. The Bertz CT molecular complexity index is 295. The molecule has 2 nitrogen and oxygen atoms in total. The molecule has 1 aromatic heterocycles. The van der Waals surface area contributed by atoms with Gasteiger partial charge in [-0.3, -0.25) is 0 Å². The van der Waals surface area contributed by atoms with E-state index in [1.54, 1.807) is 13.1 Å². The van der Waals surface area contributed by atoms with E-state index in [0.717, 1.165) is 4.88 Å². The lowest BCUT2D eigenvalue weighted by Crippen LogP contribution is -2.17. The van der Waals surface area contributed by atoms with E-state index in [4.69, 9.17) is 6.42 Å². The minimum absolute atomic E-state index is 0.581. The summed E-state index contributed by atoms with van der Waals surface area (Å²) >= 11 is 1.42. The summed E-state index contributed by atoms with van der Waals surface area (Å²) in [5, 5.41) is 10.1. The van der Waals surface area contributed by atoms with Crippen molar-refractivity contribution in [2.75, 3.05) is 0 Å². The van der Waals surface area contributed by atoms with Gasteiger partial charge in [0.1, 0.15) is 5.01 Å². The summed E-state index contributed by atoms with van der Waals surface area (Å²) in [5.41, 5.74) is -1.21. The van der Waals surface area contributed by atoms with Crippen molar-refractivity contribution in [2.45, 2.75) is 19.4 Å². The number of nitrogens with zero attached hydrogens (tertiary/aromatic N) is 1. The van der Waals surface area contributed by atoms with Crippen LogP contribution < -0.4 is 0 Å². The average Bonchev–Trinajstić information content (AvgIpc) is 2.36. The van der Waals surface area contributed by atoms with Gasteiger partial charge in [0.05, 0.1) is 0 Å².